The Kier molecular flexibility index (Phi) is 3.18. The normalized spacial score (nSPS) is 21.1. The molecule has 0 radical (unpaired) electrons. The van der Waals surface area contributed by atoms with E-state index in [0.29, 0.717) is 0 Å². The van der Waals surface area contributed by atoms with E-state index < -0.39 is 0 Å². The van der Waals surface area contributed by atoms with Crippen molar-refractivity contribution in [3.63, 3.8) is 0 Å². The van der Waals surface area contributed by atoms with Gasteiger partial charge in [0.15, 0.2) is 5.78 Å². The van der Waals surface area contributed by atoms with Gasteiger partial charge in [0.05, 0.1) is 6.04 Å². The standard InChI is InChI=1S/C11H12INO/c12-9-5-3-8(4-6-9)11(14)10-2-1-7-13-10/h3-6,10,13H,1-2,7H2. The Labute approximate surface area is 97.2 Å². The second-order valence-electron chi connectivity index (χ2n) is 3.52. The number of carbonyl (C=O) groups excluding carboxylic acids is 1. The zero-order chi connectivity index (χ0) is 9.97. The van der Waals surface area contributed by atoms with Crippen molar-refractivity contribution < 1.29 is 4.79 Å². The number of benzene rings is 1. The smallest absolute Gasteiger partial charge is 0.179 e. The first-order valence-electron chi connectivity index (χ1n) is 4.80. The van der Waals surface area contributed by atoms with Gasteiger partial charge in [-0.25, -0.2) is 0 Å². The number of halogens is 1. The van der Waals surface area contributed by atoms with E-state index in [4.69, 9.17) is 0 Å². The summed E-state index contributed by atoms with van der Waals surface area (Å²) >= 11 is 2.24. The third-order valence-corrected chi connectivity index (χ3v) is 3.22. The molecular formula is C11H12INO. The number of rotatable bonds is 2. The summed E-state index contributed by atoms with van der Waals surface area (Å²) in [6, 6.07) is 7.81. The summed E-state index contributed by atoms with van der Waals surface area (Å²) in [5.74, 6) is 0.235. The lowest BCUT2D eigenvalue weighted by Gasteiger charge is -2.08. The van der Waals surface area contributed by atoms with Gasteiger partial charge >= 0.3 is 0 Å². The van der Waals surface area contributed by atoms with E-state index in [1.54, 1.807) is 0 Å². The highest BCUT2D eigenvalue weighted by Crippen LogP contribution is 2.13. The molecule has 3 heteroatoms. The van der Waals surface area contributed by atoms with E-state index in [2.05, 4.69) is 27.9 Å². The lowest BCUT2D eigenvalue weighted by molar-refractivity contribution is 0.0952. The Morgan fingerprint density at radius 1 is 1.36 bits per heavy atom. The van der Waals surface area contributed by atoms with Crippen LogP contribution >= 0.6 is 22.6 Å². The maximum Gasteiger partial charge on any atom is 0.179 e. The SMILES string of the molecule is O=C(c1ccc(I)cc1)C1CCCN1. The van der Waals surface area contributed by atoms with Crippen LogP contribution in [0.3, 0.4) is 0 Å². The van der Waals surface area contributed by atoms with Gasteiger partial charge in [0.1, 0.15) is 0 Å². The first kappa shape index (κ1) is 10.1. The van der Waals surface area contributed by atoms with Crippen molar-refractivity contribution in [3.8, 4) is 0 Å². The summed E-state index contributed by atoms with van der Waals surface area (Å²) < 4.78 is 1.17. The van der Waals surface area contributed by atoms with Gasteiger partial charge in [-0.1, -0.05) is 12.1 Å². The summed E-state index contributed by atoms with van der Waals surface area (Å²) in [4.78, 5) is 11.9. The summed E-state index contributed by atoms with van der Waals surface area (Å²) in [6.07, 6.45) is 2.09. The van der Waals surface area contributed by atoms with Crippen LogP contribution in [0.1, 0.15) is 23.2 Å². The van der Waals surface area contributed by atoms with Crippen LogP contribution in [-0.4, -0.2) is 18.4 Å². The van der Waals surface area contributed by atoms with Gasteiger partial charge in [-0.15, -0.1) is 0 Å². The Bertz CT molecular complexity index is 328. The molecule has 1 unspecified atom stereocenters. The molecule has 0 aromatic heterocycles. The van der Waals surface area contributed by atoms with Gasteiger partial charge < -0.3 is 5.32 Å². The van der Waals surface area contributed by atoms with E-state index >= 15 is 0 Å². The zero-order valence-electron chi connectivity index (χ0n) is 7.79. The van der Waals surface area contributed by atoms with Crippen LogP contribution in [0.5, 0.6) is 0 Å². The van der Waals surface area contributed by atoms with Crippen molar-refractivity contribution in [1.82, 2.24) is 5.32 Å². The fraction of sp³-hybridized carbons (Fsp3) is 0.364. The molecule has 14 heavy (non-hydrogen) atoms. The van der Waals surface area contributed by atoms with Crippen molar-refractivity contribution in [2.24, 2.45) is 0 Å². The Hall–Kier alpha value is -0.420. The molecule has 0 spiro atoms. The summed E-state index contributed by atoms with van der Waals surface area (Å²) in [7, 11) is 0. The van der Waals surface area contributed by atoms with Crippen molar-refractivity contribution >= 4 is 28.4 Å². The first-order chi connectivity index (χ1) is 6.77. The molecule has 0 amide bonds. The maximum absolute atomic E-state index is 11.9. The molecule has 74 valence electrons. The predicted molar refractivity (Wildman–Crippen MR) is 64.5 cm³/mol. The van der Waals surface area contributed by atoms with Crippen LogP contribution in [0.2, 0.25) is 0 Å². The molecular weight excluding hydrogens is 289 g/mol. The van der Waals surface area contributed by atoms with E-state index in [0.717, 1.165) is 24.9 Å². The van der Waals surface area contributed by atoms with Gasteiger partial charge in [0, 0.05) is 9.13 Å². The van der Waals surface area contributed by atoms with E-state index in [-0.39, 0.29) is 11.8 Å². The Balaban J connectivity index is 2.14. The number of Topliss-reactive ketones (excluding diaryl/α,β-unsaturated/α-hetero) is 1. The number of carbonyl (C=O) groups is 1. The van der Waals surface area contributed by atoms with Crippen LogP contribution in [0, 0.1) is 3.57 Å². The molecule has 1 N–H and O–H groups in total. The number of hydrogen-bond donors (Lipinski definition) is 1. The number of hydrogen-bond acceptors (Lipinski definition) is 2. The lowest BCUT2D eigenvalue weighted by atomic mass is 10.0. The lowest BCUT2D eigenvalue weighted by Crippen LogP contribution is -2.30. The third-order valence-electron chi connectivity index (χ3n) is 2.51. The zero-order valence-corrected chi connectivity index (χ0v) is 9.95. The second-order valence-corrected chi connectivity index (χ2v) is 4.77. The van der Waals surface area contributed by atoms with Crippen molar-refractivity contribution in [3.05, 3.63) is 33.4 Å². The van der Waals surface area contributed by atoms with Crippen LogP contribution in [0.25, 0.3) is 0 Å². The molecule has 0 aliphatic carbocycles. The average Bonchev–Trinajstić information content (AvgIpc) is 2.71. The van der Waals surface area contributed by atoms with Gasteiger partial charge in [-0.2, -0.15) is 0 Å². The molecule has 1 atom stereocenters. The van der Waals surface area contributed by atoms with Crippen LogP contribution in [0.4, 0.5) is 0 Å². The molecule has 2 nitrogen and oxygen atoms in total. The quantitative estimate of drug-likeness (QED) is 0.670. The molecule has 1 aliphatic heterocycles. The minimum absolute atomic E-state index is 0.0510. The molecule has 1 aliphatic rings. The maximum atomic E-state index is 11.9. The van der Waals surface area contributed by atoms with Crippen molar-refractivity contribution in [2.45, 2.75) is 18.9 Å². The van der Waals surface area contributed by atoms with Crippen LogP contribution in [0.15, 0.2) is 24.3 Å². The Morgan fingerprint density at radius 3 is 2.64 bits per heavy atom. The summed E-state index contributed by atoms with van der Waals surface area (Å²) in [5.41, 5.74) is 0.824. The molecule has 1 aromatic carbocycles. The predicted octanol–water partition coefficient (Wildman–Crippen LogP) is 2.23. The van der Waals surface area contributed by atoms with Crippen molar-refractivity contribution in [2.75, 3.05) is 6.54 Å². The van der Waals surface area contributed by atoms with E-state index in [1.807, 2.05) is 24.3 Å². The molecule has 1 saturated heterocycles. The highest BCUT2D eigenvalue weighted by atomic mass is 127. The minimum atomic E-state index is 0.0510. The molecule has 0 saturated carbocycles. The van der Waals surface area contributed by atoms with E-state index in [1.165, 1.54) is 3.57 Å². The number of nitrogens with one attached hydrogen (secondary N) is 1. The highest BCUT2D eigenvalue weighted by molar-refractivity contribution is 14.1. The fourth-order valence-electron chi connectivity index (χ4n) is 1.72. The topological polar surface area (TPSA) is 29.1 Å². The second kappa shape index (κ2) is 4.40. The van der Waals surface area contributed by atoms with Crippen LogP contribution in [-0.2, 0) is 0 Å². The molecule has 1 fully saturated rings. The van der Waals surface area contributed by atoms with Crippen LogP contribution < -0.4 is 5.32 Å². The average molecular weight is 301 g/mol. The molecule has 1 heterocycles. The van der Waals surface area contributed by atoms with Gasteiger partial charge in [0.2, 0.25) is 0 Å². The monoisotopic (exact) mass is 301 g/mol. The molecule has 0 bridgehead atoms. The molecule has 1 aromatic rings. The fourth-order valence-corrected chi connectivity index (χ4v) is 2.08. The van der Waals surface area contributed by atoms with Gasteiger partial charge in [0.25, 0.3) is 0 Å². The minimum Gasteiger partial charge on any atom is -0.307 e. The highest BCUT2D eigenvalue weighted by Gasteiger charge is 2.22. The van der Waals surface area contributed by atoms with Gasteiger partial charge in [-0.05, 0) is 54.1 Å². The van der Waals surface area contributed by atoms with Crippen molar-refractivity contribution in [1.29, 1.82) is 0 Å². The summed E-state index contributed by atoms with van der Waals surface area (Å²) in [5, 5.41) is 3.22. The third kappa shape index (κ3) is 2.15. The largest absolute Gasteiger partial charge is 0.307 e. The van der Waals surface area contributed by atoms with Gasteiger partial charge in [-0.3, -0.25) is 4.79 Å². The summed E-state index contributed by atoms with van der Waals surface area (Å²) in [6.45, 7) is 0.973. The Morgan fingerprint density at radius 2 is 2.07 bits per heavy atom. The van der Waals surface area contributed by atoms with E-state index in [9.17, 15) is 4.79 Å². The first-order valence-corrected chi connectivity index (χ1v) is 5.88. The number of ketones is 1. The molecule has 2 rings (SSSR count).